The third-order valence-electron chi connectivity index (χ3n) is 1.89. The summed E-state index contributed by atoms with van der Waals surface area (Å²) >= 11 is 0. The van der Waals surface area contributed by atoms with E-state index in [0.29, 0.717) is 5.56 Å². The van der Waals surface area contributed by atoms with Gasteiger partial charge in [-0.3, -0.25) is 0 Å². The zero-order valence-corrected chi connectivity index (χ0v) is 8.08. The number of rotatable bonds is 3. The van der Waals surface area contributed by atoms with Crippen molar-refractivity contribution in [2.24, 2.45) is 0 Å². The largest absolute Gasteiger partial charge is 0.418 e. The van der Waals surface area contributed by atoms with E-state index in [1.165, 1.54) is 25.3 Å². The van der Waals surface area contributed by atoms with Gasteiger partial charge in [0.2, 0.25) is 0 Å². The van der Waals surface area contributed by atoms with Crippen molar-refractivity contribution in [1.82, 2.24) is 0 Å². The molecule has 0 fully saturated rings. The molecule has 0 aliphatic carbocycles. The van der Waals surface area contributed by atoms with Crippen LogP contribution in [-0.4, -0.2) is 18.4 Å². The number of ether oxygens (including phenoxy) is 1. The Labute approximate surface area is 85.3 Å². The van der Waals surface area contributed by atoms with E-state index < -0.39 is 12.3 Å². The summed E-state index contributed by atoms with van der Waals surface area (Å²) in [6.07, 6.45) is -7.07. The Morgan fingerprint density at radius 1 is 1.40 bits per heavy atom. The summed E-state index contributed by atoms with van der Waals surface area (Å²) in [6, 6.07) is 5.60. The minimum Gasteiger partial charge on any atom is -0.380 e. The van der Waals surface area contributed by atoms with Gasteiger partial charge in [-0.15, -0.1) is 0 Å². The van der Waals surface area contributed by atoms with E-state index in [1.54, 1.807) is 6.07 Å². The van der Waals surface area contributed by atoms with Crippen LogP contribution >= 0.6 is 0 Å². The van der Waals surface area contributed by atoms with Crippen molar-refractivity contribution in [2.75, 3.05) is 7.11 Å². The Hall–Kier alpha value is -1.07. The molecule has 0 radical (unpaired) electrons. The van der Waals surface area contributed by atoms with Crippen molar-refractivity contribution >= 4 is 0 Å². The monoisotopic (exact) mass is 220 g/mol. The number of methoxy groups -OCH3 is 1. The molecule has 1 aromatic carbocycles. The van der Waals surface area contributed by atoms with Crippen molar-refractivity contribution in [3.8, 4) is 0 Å². The van der Waals surface area contributed by atoms with E-state index in [4.69, 9.17) is 9.84 Å². The summed E-state index contributed by atoms with van der Waals surface area (Å²) < 4.78 is 41.3. The van der Waals surface area contributed by atoms with Gasteiger partial charge in [-0.05, 0) is 11.1 Å². The Morgan fingerprint density at radius 2 is 2.07 bits per heavy atom. The number of benzene rings is 1. The van der Waals surface area contributed by atoms with Gasteiger partial charge in [-0.1, -0.05) is 24.3 Å². The molecule has 15 heavy (non-hydrogen) atoms. The summed E-state index contributed by atoms with van der Waals surface area (Å²) in [6.45, 7) is 0.221. The van der Waals surface area contributed by atoms with Crippen LogP contribution in [0.3, 0.4) is 0 Å². The Kier molecular flexibility index (Phi) is 3.71. The molecule has 1 atom stereocenters. The number of alkyl halides is 3. The molecule has 1 N–H and O–H groups in total. The predicted octanol–water partition coefficient (Wildman–Crippen LogP) is 2.43. The number of hydrogen-bond donors (Lipinski definition) is 1. The fraction of sp³-hybridized carbons (Fsp3) is 0.400. The van der Waals surface area contributed by atoms with Gasteiger partial charge in [0.15, 0.2) is 6.10 Å². The molecule has 1 rings (SSSR count). The van der Waals surface area contributed by atoms with Gasteiger partial charge in [0.1, 0.15) is 0 Å². The maximum Gasteiger partial charge on any atom is 0.418 e. The molecule has 0 heterocycles. The third kappa shape index (κ3) is 3.21. The highest BCUT2D eigenvalue weighted by Gasteiger charge is 2.39. The Bertz CT molecular complexity index is 323. The average Bonchev–Trinajstić information content (AvgIpc) is 2.16. The smallest absolute Gasteiger partial charge is 0.380 e. The molecule has 0 saturated carbocycles. The van der Waals surface area contributed by atoms with Crippen LogP contribution < -0.4 is 0 Å². The molecule has 0 amide bonds. The number of aliphatic hydroxyl groups is 1. The fourth-order valence-electron chi connectivity index (χ4n) is 1.21. The van der Waals surface area contributed by atoms with E-state index in [0.717, 1.165) is 0 Å². The Morgan fingerprint density at radius 3 is 2.60 bits per heavy atom. The second kappa shape index (κ2) is 4.63. The highest BCUT2D eigenvalue weighted by atomic mass is 19.4. The van der Waals surface area contributed by atoms with Gasteiger partial charge in [-0.2, -0.15) is 13.2 Å². The van der Waals surface area contributed by atoms with Crippen LogP contribution in [-0.2, 0) is 11.3 Å². The van der Waals surface area contributed by atoms with Crippen LogP contribution in [0.2, 0.25) is 0 Å². The van der Waals surface area contributed by atoms with E-state index in [9.17, 15) is 13.2 Å². The van der Waals surface area contributed by atoms with Gasteiger partial charge in [-0.25, -0.2) is 0 Å². The van der Waals surface area contributed by atoms with Crippen molar-refractivity contribution in [1.29, 1.82) is 0 Å². The molecule has 0 aliphatic rings. The number of aliphatic hydroxyl groups excluding tert-OH is 1. The molecule has 0 bridgehead atoms. The number of halogens is 3. The van der Waals surface area contributed by atoms with Crippen molar-refractivity contribution in [3.05, 3.63) is 35.4 Å². The zero-order chi connectivity index (χ0) is 11.5. The highest BCUT2D eigenvalue weighted by molar-refractivity contribution is 5.25. The van der Waals surface area contributed by atoms with Gasteiger partial charge >= 0.3 is 6.18 Å². The molecule has 0 unspecified atom stereocenters. The molecule has 0 saturated heterocycles. The van der Waals surface area contributed by atoms with Crippen LogP contribution in [0.1, 0.15) is 17.2 Å². The molecule has 0 aromatic heterocycles. The maximum absolute atomic E-state index is 12.2. The van der Waals surface area contributed by atoms with Crippen LogP contribution in [0, 0.1) is 0 Å². The lowest BCUT2D eigenvalue weighted by molar-refractivity contribution is -0.206. The highest BCUT2D eigenvalue weighted by Crippen LogP contribution is 2.32. The lowest BCUT2D eigenvalue weighted by Gasteiger charge is -2.15. The zero-order valence-electron chi connectivity index (χ0n) is 8.08. The molecule has 0 spiro atoms. The maximum atomic E-state index is 12.2. The first-order chi connectivity index (χ1) is 6.95. The minimum atomic E-state index is -4.63. The molecule has 84 valence electrons. The van der Waals surface area contributed by atoms with E-state index >= 15 is 0 Å². The summed E-state index contributed by atoms with van der Waals surface area (Å²) in [4.78, 5) is 0. The van der Waals surface area contributed by atoms with Crippen molar-refractivity contribution in [3.63, 3.8) is 0 Å². The Balaban J connectivity index is 2.90. The normalized spacial score (nSPS) is 13.9. The standard InChI is InChI=1S/C10H11F3O2/c1-15-6-7-3-2-4-8(5-7)9(14)10(11,12)13/h2-5,9,14H,6H2,1H3/t9-/m1/s1. The first-order valence-corrected chi connectivity index (χ1v) is 4.27. The van der Waals surface area contributed by atoms with E-state index in [-0.39, 0.29) is 12.2 Å². The van der Waals surface area contributed by atoms with Gasteiger partial charge in [0.05, 0.1) is 6.61 Å². The van der Waals surface area contributed by atoms with Crippen LogP contribution in [0.25, 0.3) is 0 Å². The molecular weight excluding hydrogens is 209 g/mol. The minimum absolute atomic E-state index is 0.169. The molecule has 5 heteroatoms. The van der Waals surface area contributed by atoms with Crippen molar-refractivity contribution in [2.45, 2.75) is 18.9 Å². The first kappa shape index (κ1) is 12.0. The van der Waals surface area contributed by atoms with E-state index in [2.05, 4.69) is 0 Å². The summed E-state index contributed by atoms with van der Waals surface area (Å²) in [7, 11) is 1.45. The van der Waals surface area contributed by atoms with Crippen LogP contribution in [0.15, 0.2) is 24.3 Å². The lowest BCUT2D eigenvalue weighted by Crippen LogP contribution is -2.20. The van der Waals surface area contributed by atoms with Gasteiger partial charge in [0.25, 0.3) is 0 Å². The molecule has 0 aliphatic heterocycles. The van der Waals surface area contributed by atoms with Gasteiger partial charge in [0, 0.05) is 7.11 Å². The van der Waals surface area contributed by atoms with Crippen LogP contribution in [0.4, 0.5) is 13.2 Å². The topological polar surface area (TPSA) is 29.5 Å². The van der Waals surface area contributed by atoms with Crippen LogP contribution in [0.5, 0.6) is 0 Å². The fourth-order valence-corrected chi connectivity index (χ4v) is 1.21. The first-order valence-electron chi connectivity index (χ1n) is 4.27. The molecule has 1 aromatic rings. The second-order valence-corrected chi connectivity index (χ2v) is 3.12. The summed E-state index contributed by atoms with van der Waals surface area (Å²) in [5.74, 6) is 0. The lowest BCUT2D eigenvalue weighted by atomic mass is 10.1. The van der Waals surface area contributed by atoms with Crippen molar-refractivity contribution < 1.29 is 23.0 Å². The number of hydrogen-bond acceptors (Lipinski definition) is 2. The summed E-state index contributed by atoms with van der Waals surface area (Å²) in [5, 5.41) is 8.98. The second-order valence-electron chi connectivity index (χ2n) is 3.12. The summed E-state index contributed by atoms with van der Waals surface area (Å²) in [5.41, 5.74) is 0.426. The predicted molar refractivity (Wildman–Crippen MR) is 48.2 cm³/mol. The third-order valence-corrected chi connectivity index (χ3v) is 1.89. The van der Waals surface area contributed by atoms with E-state index in [1.807, 2.05) is 0 Å². The average molecular weight is 220 g/mol. The molecule has 2 nitrogen and oxygen atoms in total. The quantitative estimate of drug-likeness (QED) is 0.847. The SMILES string of the molecule is COCc1cccc([C@@H](O)C(F)(F)F)c1. The van der Waals surface area contributed by atoms with Gasteiger partial charge < -0.3 is 9.84 Å². The molecular formula is C10H11F3O2.